The van der Waals surface area contributed by atoms with E-state index in [0.29, 0.717) is 0 Å². The van der Waals surface area contributed by atoms with Gasteiger partial charge >= 0.3 is 0 Å². The Hall–Kier alpha value is -1.40. The molecule has 0 bridgehead atoms. The van der Waals surface area contributed by atoms with Crippen LogP contribution in [0.15, 0.2) is 12.1 Å². The molecule has 0 heterocycles. The first-order valence-electron chi connectivity index (χ1n) is 5.49. The molecule has 90 valence electrons. The predicted molar refractivity (Wildman–Crippen MR) is 75.0 cm³/mol. The summed E-state index contributed by atoms with van der Waals surface area (Å²) in [5.74, 6) is 6.96. The molecule has 0 spiro atoms. The van der Waals surface area contributed by atoms with Crippen LogP contribution in [0.1, 0.15) is 30.0 Å². The van der Waals surface area contributed by atoms with Crippen LogP contribution in [0.25, 0.3) is 0 Å². The maximum absolute atomic E-state index is 10.7. The highest BCUT2D eigenvalue weighted by Gasteiger charge is 1.99. The van der Waals surface area contributed by atoms with E-state index in [2.05, 4.69) is 11.8 Å². The number of rotatable bonds is 2. The van der Waals surface area contributed by atoms with E-state index in [9.17, 15) is 4.79 Å². The maximum atomic E-state index is 10.7. The van der Waals surface area contributed by atoms with Crippen LogP contribution in [0.4, 0.5) is 5.69 Å². The Labute approximate surface area is 107 Å². The quantitative estimate of drug-likeness (QED) is 0.496. The number of benzene rings is 1. The Balaban J connectivity index is 2.66. The normalized spacial score (nSPS) is 9.59. The first-order valence-corrected chi connectivity index (χ1v) is 6.48. The van der Waals surface area contributed by atoms with E-state index in [1.807, 2.05) is 26.0 Å². The van der Waals surface area contributed by atoms with Gasteiger partial charge in [-0.15, -0.1) is 0 Å². The van der Waals surface area contributed by atoms with Gasteiger partial charge in [-0.05, 0) is 37.1 Å². The van der Waals surface area contributed by atoms with Crippen molar-refractivity contribution in [1.82, 2.24) is 0 Å². The lowest BCUT2D eigenvalue weighted by Crippen LogP contribution is -1.93. The van der Waals surface area contributed by atoms with E-state index in [4.69, 9.17) is 5.73 Å². The van der Waals surface area contributed by atoms with Gasteiger partial charge in [0.05, 0.1) is 0 Å². The summed E-state index contributed by atoms with van der Waals surface area (Å²) in [4.78, 5) is 10.7. The van der Waals surface area contributed by atoms with Gasteiger partial charge < -0.3 is 5.73 Å². The van der Waals surface area contributed by atoms with Crippen molar-refractivity contribution in [1.29, 1.82) is 0 Å². The minimum atomic E-state index is 0.145. The molecule has 0 aliphatic carbocycles. The van der Waals surface area contributed by atoms with E-state index in [0.717, 1.165) is 34.6 Å². The molecule has 2 nitrogen and oxygen atoms in total. The van der Waals surface area contributed by atoms with Crippen molar-refractivity contribution in [2.45, 2.75) is 27.2 Å². The van der Waals surface area contributed by atoms with Crippen LogP contribution in [-0.4, -0.2) is 10.9 Å². The number of carbonyl (C=O) groups is 1. The summed E-state index contributed by atoms with van der Waals surface area (Å²) in [6, 6.07) is 3.96. The minimum Gasteiger partial charge on any atom is -0.399 e. The minimum absolute atomic E-state index is 0.145. The second-order valence-corrected chi connectivity index (χ2v) is 5.19. The molecule has 0 saturated carbocycles. The van der Waals surface area contributed by atoms with E-state index < -0.39 is 0 Å². The van der Waals surface area contributed by atoms with Gasteiger partial charge in [-0.2, -0.15) is 0 Å². The van der Waals surface area contributed by atoms with Crippen molar-refractivity contribution in [3.63, 3.8) is 0 Å². The molecule has 0 amide bonds. The van der Waals surface area contributed by atoms with Crippen LogP contribution in [0, 0.1) is 25.7 Å². The van der Waals surface area contributed by atoms with Gasteiger partial charge in [-0.3, -0.25) is 4.79 Å². The van der Waals surface area contributed by atoms with E-state index in [-0.39, 0.29) is 5.12 Å². The molecule has 0 aliphatic heterocycles. The SMILES string of the molecule is CC(=O)SCCC#Cc1cc(C)c(N)cc1C. The number of nitrogens with two attached hydrogens (primary N) is 1. The van der Waals surface area contributed by atoms with Gasteiger partial charge in [0.1, 0.15) is 0 Å². The Morgan fingerprint density at radius 1 is 1.35 bits per heavy atom. The van der Waals surface area contributed by atoms with Crippen LogP contribution in [-0.2, 0) is 4.79 Å². The zero-order chi connectivity index (χ0) is 12.8. The highest BCUT2D eigenvalue weighted by Crippen LogP contribution is 2.16. The highest BCUT2D eigenvalue weighted by atomic mass is 32.2. The molecule has 0 saturated heterocycles. The number of aryl methyl sites for hydroxylation is 2. The molecule has 17 heavy (non-hydrogen) atoms. The first-order chi connectivity index (χ1) is 8.00. The third kappa shape index (κ3) is 4.54. The van der Waals surface area contributed by atoms with Crippen LogP contribution >= 0.6 is 11.8 Å². The molecule has 3 heteroatoms. The summed E-state index contributed by atoms with van der Waals surface area (Å²) in [6.45, 7) is 5.56. The fourth-order valence-electron chi connectivity index (χ4n) is 1.38. The smallest absolute Gasteiger partial charge is 0.185 e. The number of carbonyl (C=O) groups excluding carboxylic acids is 1. The van der Waals surface area contributed by atoms with Crippen LogP contribution in [0.2, 0.25) is 0 Å². The van der Waals surface area contributed by atoms with Crippen LogP contribution in [0.5, 0.6) is 0 Å². The Kier molecular flexibility index (Phi) is 5.11. The summed E-state index contributed by atoms with van der Waals surface area (Å²) in [5, 5.41) is 0.145. The average Bonchev–Trinajstić information content (AvgIpc) is 2.24. The molecule has 0 atom stereocenters. The number of hydrogen-bond acceptors (Lipinski definition) is 3. The Morgan fingerprint density at radius 3 is 2.71 bits per heavy atom. The number of anilines is 1. The number of thioether (sulfide) groups is 1. The third-order valence-corrected chi connectivity index (χ3v) is 3.18. The second-order valence-electron chi connectivity index (χ2n) is 3.92. The first kappa shape index (κ1) is 13.7. The Morgan fingerprint density at radius 2 is 2.06 bits per heavy atom. The van der Waals surface area contributed by atoms with E-state index in [1.165, 1.54) is 11.8 Å². The molecule has 0 unspecified atom stereocenters. The van der Waals surface area contributed by atoms with Crippen molar-refractivity contribution in [2.24, 2.45) is 0 Å². The summed E-state index contributed by atoms with van der Waals surface area (Å²) in [6.07, 6.45) is 0.729. The van der Waals surface area contributed by atoms with Gasteiger partial charge in [0.15, 0.2) is 5.12 Å². The molecular weight excluding hydrogens is 230 g/mol. The maximum Gasteiger partial charge on any atom is 0.185 e. The van der Waals surface area contributed by atoms with Crippen molar-refractivity contribution >= 4 is 22.6 Å². The second kappa shape index (κ2) is 6.36. The van der Waals surface area contributed by atoms with Gasteiger partial charge in [-0.25, -0.2) is 0 Å². The molecule has 1 rings (SSSR count). The molecule has 1 aromatic rings. The summed E-state index contributed by atoms with van der Waals surface area (Å²) >= 11 is 1.31. The average molecular weight is 247 g/mol. The lowest BCUT2D eigenvalue weighted by Gasteiger charge is -2.03. The molecule has 0 aromatic heterocycles. The fourth-order valence-corrected chi connectivity index (χ4v) is 1.87. The summed E-state index contributed by atoms with van der Waals surface area (Å²) in [5.41, 5.74) is 9.78. The Bertz CT molecular complexity index is 483. The molecule has 0 fully saturated rings. The third-order valence-electron chi connectivity index (χ3n) is 2.37. The molecule has 1 aromatic carbocycles. The van der Waals surface area contributed by atoms with E-state index in [1.54, 1.807) is 6.92 Å². The lowest BCUT2D eigenvalue weighted by atomic mass is 10.0. The van der Waals surface area contributed by atoms with Gasteiger partial charge in [-0.1, -0.05) is 23.6 Å². The predicted octanol–water partition coefficient (Wildman–Crippen LogP) is 2.91. The van der Waals surface area contributed by atoms with Crippen LogP contribution < -0.4 is 5.73 Å². The van der Waals surface area contributed by atoms with Gasteiger partial charge in [0, 0.05) is 30.3 Å². The van der Waals surface area contributed by atoms with Gasteiger partial charge in [0.2, 0.25) is 0 Å². The fraction of sp³-hybridized carbons (Fsp3) is 0.357. The topological polar surface area (TPSA) is 43.1 Å². The zero-order valence-electron chi connectivity index (χ0n) is 10.5. The number of nitrogen functional groups attached to an aromatic ring is 1. The van der Waals surface area contributed by atoms with Crippen molar-refractivity contribution in [3.05, 3.63) is 28.8 Å². The molecule has 0 aliphatic rings. The van der Waals surface area contributed by atoms with Gasteiger partial charge in [0.25, 0.3) is 0 Å². The van der Waals surface area contributed by atoms with Crippen molar-refractivity contribution < 1.29 is 4.79 Å². The van der Waals surface area contributed by atoms with Crippen molar-refractivity contribution in [3.8, 4) is 11.8 Å². The van der Waals surface area contributed by atoms with Crippen LogP contribution in [0.3, 0.4) is 0 Å². The molecule has 2 N–H and O–H groups in total. The van der Waals surface area contributed by atoms with E-state index >= 15 is 0 Å². The van der Waals surface area contributed by atoms with Crippen molar-refractivity contribution in [2.75, 3.05) is 11.5 Å². The summed E-state index contributed by atoms with van der Waals surface area (Å²) < 4.78 is 0. The number of hydrogen-bond donors (Lipinski definition) is 1. The lowest BCUT2D eigenvalue weighted by molar-refractivity contribution is -0.109. The highest BCUT2D eigenvalue weighted by molar-refractivity contribution is 8.13. The summed E-state index contributed by atoms with van der Waals surface area (Å²) in [7, 11) is 0. The standard InChI is InChI=1S/C14H17NOS/c1-10-9-14(15)11(2)8-13(10)6-4-5-7-17-12(3)16/h8-9H,5,7,15H2,1-3H3. The largest absolute Gasteiger partial charge is 0.399 e. The molecular formula is C14H17NOS. The molecule has 0 radical (unpaired) electrons. The zero-order valence-corrected chi connectivity index (χ0v) is 11.3. The monoisotopic (exact) mass is 247 g/mol.